The Bertz CT molecular complexity index is 2490. The summed E-state index contributed by atoms with van der Waals surface area (Å²) < 4.78 is 6.50. The summed E-state index contributed by atoms with van der Waals surface area (Å²) in [5.74, 6) is 1.82. The highest BCUT2D eigenvalue weighted by Crippen LogP contribution is 2.57. The molecule has 1 atom stereocenters. The maximum absolute atomic E-state index is 6.50. The fourth-order valence-corrected chi connectivity index (χ4v) is 8.11. The maximum atomic E-state index is 6.50. The molecule has 1 aliphatic carbocycles. The summed E-state index contributed by atoms with van der Waals surface area (Å²) in [6, 6.07) is 62.1. The van der Waals surface area contributed by atoms with Gasteiger partial charge in [-0.25, -0.2) is 0 Å². The van der Waals surface area contributed by atoms with Crippen LogP contribution in [-0.2, 0) is 5.41 Å². The Morgan fingerprint density at radius 1 is 0.348 bits per heavy atom. The third-order valence-electron chi connectivity index (χ3n) is 10.1. The minimum Gasteiger partial charge on any atom is -0.456 e. The average Bonchev–Trinajstić information content (AvgIpc) is 3.41. The van der Waals surface area contributed by atoms with E-state index in [-0.39, 0.29) is 0 Å². The Morgan fingerprint density at radius 2 is 1.00 bits per heavy atom. The van der Waals surface area contributed by atoms with Gasteiger partial charge in [-0.2, -0.15) is 0 Å². The van der Waals surface area contributed by atoms with Crippen LogP contribution in [0.5, 0.6) is 11.5 Å². The van der Waals surface area contributed by atoms with Crippen molar-refractivity contribution in [3.63, 3.8) is 0 Å². The molecule has 2 aliphatic rings. The molecule has 0 bridgehead atoms. The van der Waals surface area contributed by atoms with Gasteiger partial charge in [-0.05, 0) is 96.6 Å². The van der Waals surface area contributed by atoms with Crippen molar-refractivity contribution in [2.45, 2.75) is 5.41 Å². The lowest BCUT2D eigenvalue weighted by molar-refractivity contribution is 0.487. The average molecular weight is 585 g/mol. The van der Waals surface area contributed by atoms with Crippen molar-refractivity contribution >= 4 is 21.5 Å². The molecule has 0 spiro atoms. The van der Waals surface area contributed by atoms with Crippen LogP contribution in [0.1, 0.15) is 22.3 Å². The number of benzene rings is 8. The van der Waals surface area contributed by atoms with Gasteiger partial charge in [0.05, 0.1) is 5.41 Å². The summed E-state index contributed by atoms with van der Waals surface area (Å²) in [6.07, 6.45) is 0. The minimum absolute atomic E-state index is 0.438. The fourth-order valence-electron chi connectivity index (χ4n) is 8.11. The molecule has 46 heavy (non-hydrogen) atoms. The largest absolute Gasteiger partial charge is 0.456 e. The van der Waals surface area contributed by atoms with Crippen LogP contribution in [0.25, 0.3) is 54.9 Å². The van der Waals surface area contributed by atoms with Crippen LogP contribution in [-0.4, -0.2) is 0 Å². The Balaban J connectivity index is 1.18. The van der Waals surface area contributed by atoms with Gasteiger partial charge in [0.25, 0.3) is 0 Å². The highest BCUT2D eigenvalue weighted by atomic mass is 16.5. The molecular formula is C45H28O. The van der Waals surface area contributed by atoms with Crippen LogP contribution < -0.4 is 4.74 Å². The van der Waals surface area contributed by atoms with E-state index in [0.29, 0.717) is 0 Å². The number of hydrogen-bond donors (Lipinski definition) is 0. The van der Waals surface area contributed by atoms with Crippen molar-refractivity contribution in [3.8, 4) is 44.9 Å². The van der Waals surface area contributed by atoms with E-state index in [0.717, 1.165) is 22.6 Å². The van der Waals surface area contributed by atoms with Crippen LogP contribution in [0.2, 0.25) is 0 Å². The lowest BCUT2D eigenvalue weighted by atomic mass is 9.67. The van der Waals surface area contributed by atoms with Gasteiger partial charge in [0, 0.05) is 10.9 Å². The first kappa shape index (κ1) is 25.4. The summed E-state index contributed by atoms with van der Waals surface area (Å²) in [5.41, 5.74) is 12.1. The molecule has 8 aromatic rings. The molecule has 0 radical (unpaired) electrons. The molecule has 0 aromatic heterocycles. The molecule has 1 aliphatic heterocycles. The first-order valence-electron chi connectivity index (χ1n) is 15.9. The molecule has 10 rings (SSSR count). The van der Waals surface area contributed by atoms with Gasteiger partial charge in [0.15, 0.2) is 0 Å². The van der Waals surface area contributed by atoms with Crippen LogP contribution >= 0.6 is 0 Å². The van der Waals surface area contributed by atoms with Crippen LogP contribution in [0.4, 0.5) is 0 Å². The highest BCUT2D eigenvalue weighted by molar-refractivity contribution is 6.06. The molecule has 1 unspecified atom stereocenters. The smallest absolute Gasteiger partial charge is 0.136 e. The SMILES string of the molecule is c1ccc(C2(c3ccc(-c4cc5c6c(cccc6c4)-c4ccccc4O5)cc3)c3ccccc3-c3cc4ccccc4cc32)cc1. The lowest BCUT2D eigenvalue weighted by Crippen LogP contribution is -2.28. The van der Waals surface area contributed by atoms with Crippen molar-refractivity contribution in [2.75, 3.05) is 0 Å². The van der Waals surface area contributed by atoms with Crippen LogP contribution in [0.15, 0.2) is 170 Å². The molecule has 1 heterocycles. The topological polar surface area (TPSA) is 9.23 Å². The molecule has 0 N–H and O–H groups in total. The highest BCUT2D eigenvalue weighted by Gasteiger charge is 2.46. The van der Waals surface area contributed by atoms with Crippen molar-refractivity contribution in [1.82, 2.24) is 0 Å². The third-order valence-corrected chi connectivity index (χ3v) is 10.1. The van der Waals surface area contributed by atoms with E-state index in [1.165, 1.54) is 66.1 Å². The number of fused-ring (bicyclic) bond motifs is 6. The molecule has 8 aromatic carbocycles. The molecule has 0 fully saturated rings. The third kappa shape index (κ3) is 3.46. The number of ether oxygens (including phenoxy) is 1. The summed E-state index contributed by atoms with van der Waals surface area (Å²) in [7, 11) is 0. The second-order valence-corrected chi connectivity index (χ2v) is 12.5. The molecule has 0 saturated carbocycles. The molecular weight excluding hydrogens is 556 g/mol. The van der Waals surface area contributed by atoms with Gasteiger partial charge in [-0.1, -0.05) is 140 Å². The lowest BCUT2D eigenvalue weighted by Gasteiger charge is -2.34. The Labute approximate surface area is 268 Å². The van der Waals surface area contributed by atoms with Gasteiger partial charge in [-0.15, -0.1) is 0 Å². The van der Waals surface area contributed by atoms with Crippen molar-refractivity contribution in [3.05, 3.63) is 192 Å². The van der Waals surface area contributed by atoms with E-state index >= 15 is 0 Å². The zero-order chi connectivity index (χ0) is 30.2. The van der Waals surface area contributed by atoms with E-state index < -0.39 is 5.41 Å². The first-order chi connectivity index (χ1) is 22.8. The van der Waals surface area contributed by atoms with Crippen molar-refractivity contribution in [1.29, 1.82) is 0 Å². The summed E-state index contributed by atoms with van der Waals surface area (Å²) >= 11 is 0. The normalized spacial score (nSPS) is 15.7. The summed E-state index contributed by atoms with van der Waals surface area (Å²) in [5, 5.41) is 4.89. The van der Waals surface area contributed by atoms with Gasteiger partial charge >= 0.3 is 0 Å². The Hall–Kier alpha value is -5.92. The van der Waals surface area contributed by atoms with Gasteiger partial charge < -0.3 is 4.74 Å². The quantitative estimate of drug-likeness (QED) is 0.201. The zero-order valence-corrected chi connectivity index (χ0v) is 25.1. The summed E-state index contributed by atoms with van der Waals surface area (Å²) in [6.45, 7) is 0. The number of hydrogen-bond acceptors (Lipinski definition) is 1. The minimum atomic E-state index is -0.438. The molecule has 1 nitrogen and oxygen atoms in total. The Morgan fingerprint density at radius 3 is 1.85 bits per heavy atom. The predicted octanol–water partition coefficient (Wildman–Crippen LogP) is 11.8. The van der Waals surface area contributed by atoms with E-state index in [1.54, 1.807) is 0 Å². The Kier molecular flexibility index (Phi) is 5.27. The van der Waals surface area contributed by atoms with Crippen LogP contribution in [0, 0.1) is 0 Å². The molecule has 0 amide bonds. The van der Waals surface area contributed by atoms with Gasteiger partial charge in [-0.3, -0.25) is 0 Å². The number of rotatable bonds is 3. The monoisotopic (exact) mass is 584 g/mol. The van der Waals surface area contributed by atoms with Crippen LogP contribution in [0.3, 0.4) is 0 Å². The standard InChI is InChI=1S/C45H28O/c1-2-14-34(15-3-1)45(40-19-8-6-16-36(40)39-26-30-11-4-5-12-31(30)27-41(39)45)35-23-21-29(22-24-35)33-25-32-13-10-18-38-37-17-7-9-20-42(37)46-43(28-33)44(32)38/h1-28H. The second-order valence-electron chi connectivity index (χ2n) is 12.5. The fraction of sp³-hybridized carbons (Fsp3) is 0.0222. The number of para-hydroxylation sites is 1. The van der Waals surface area contributed by atoms with E-state index in [2.05, 4.69) is 164 Å². The van der Waals surface area contributed by atoms with E-state index in [9.17, 15) is 0 Å². The maximum Gasteiger partial charge on any atom is 0.136 e. The van der Waals surface area contributed by atoms with Crippen molar-refractivity contribution in [2.24, 2.45) is 0 Å². The van der Waals surface area contributed by atoms with E-state index in [1.807, 2.05) is 6.07 Å². The van der Waals surface area contributed by atoms with E-state index in [4.69, 9.17) is 4.74 Å². The van der Waals surface area contributed by atoms with Crippen molar-refractivity contribution < 1.29 is 4.74 Å². The van der Waals surface area contributed by atoms with Gasteiger partial charge in [0.2, 0.25) is 0 Å². The van der Waals surface area contributed by atoms with Gasteiger partial charge in [0.1, 0.15) is 11.5 Å². The second kappa shape index (κ2) is 9.54. The first-order valence-corrected chi connectivity index (χ1v) is 15.9. The molecule has 214 valence electrons. The summed E-state index contributed by atoms with van der Waals surface area (Å²) in [4.78, 5) is 0. The molecule has 1 heteroatoms. The predicted molar refractivity (Wildman–Crippen MR) is 190 cm³/mol. The zero-order valence-electron chi connectivity index (χ0n) is 25.1. The molecule has 0 saturated heterocycles.